The third-order valence-corrected chi connectivity index (χ3v) is 5.28. The highest BCUT2D eigenvalue weighted by atomic mass is 32.2. The van der Waals surface area contributed by atoms with Gasteiger partial charge < -0.3 is 0 Å². The molecule has 24 heavy (non-hydrogen) atoms. The van der Waals surface area contributed by atoms with E-state index in [1.165, 1.54) is 6.92 Å². The maximum atomic E-state index is 13.1. The van der Waals surface area contributed by atoms with Crippen LogP contribution in [-0.4, -0.2) is 14.3 Å². The first-order valence-corrected chi connectivity index (χ1v) is 9.04. The Morgan fingerprint density at radius 3 is 1.88 bits per heavy atom. The Labute approximate surface area is 143 Å². The molecule has 0 aliphatic heterocycles. The van der Waals surface area contributed by atoms with Crippen molar-refractivity contribution >= 4 is 21.6 Å². The second-order valence-electron chi connectivity index (χ2n) is 6.00. The number of benzene rings is 2. The Balaban J connectivity index is 2.65. The third kappa shape index (κ3) is 3.59. The van der Waals surface area contributed by atoms with Crippen molar-refractivity contribution in [3.63, 3.8) is 0 Å². The summed E-state index contributed by atoms with van der Waals surface area (Å²) < 4.78 is 27.1. The molecule has 0 radical (unpaired) electrons. The van der Waals surface area contributed by atoms with Gasteiger partial charge >= 0.3 is 0 Å². The average molecular weight is 346 g/mol. The summed E-state index contributed by atoms with van der Waals surface area (Å²) in [6, 6.07) is 10.3. The molecule has 1 N–H and O–H groups in total. The van der Waals surface area contributed by atoms with E-state index in [9.17, 15) is 13.2 Å². The molecule has 0 fully saturated rings. The van der Waals surface area contributed by atoms with Crippen LogP contribution in [0.5, 0.6) is 0 Å². The quantitative estimate of drug-likeness (QED) is 0.865. The molecule has 6 heteroatoms. The van der Waals surface area contributed by atoms with E-state index in [-0.39, 0.29) is 4.90 Å². The van der Waals surface area contributed by atoms with Crippen LogP contribution >= 0.6 is 0 Å². The number of nitrogens with zero attached hydrogens (tertiary/aromatic N) is 1. The van der Waals surface area contributed by atoms with Crippen LogP contribution in [-0.2, 0) is 14.8 Å². The van der Waals surface area contributed by atoms with E-state index in [1.807, 2.05) is 39.8 Å². The van der Waals surface area contributed by atoms with Gasteiger partial charge in [-0.1, -0.05) is 35.4 Å². The third-order valence-electron chi connectivity index (χ3n) is 3.66. The van der Waals surface area contributed by atoms with Crippen molar-refractivity contribution in [3.05, 3.63) is 58.7 Å². The molecule has 0 bridgehead atoms. The molecule has 1 amide bonds. The highest BCUT2D eigenvalue weighted by Gasteiger charge is 2.28. The Bertz CT molecular complexity index is 849. The highest BCUT2D eigenvalue weighted by Crippen LogP contribution is 2.29. The topological polar surface area (TPSA) is 66.5 Å². The number of nitrogens with one attached hydrogen (secondary N) is 1. The molecule has 0 saturated carbocycles. The number of sulfonamides is 1. The minimum absolute atomic E-state index is 0.126. The fourth-order valence-corrected chi connectivity index (χ4v) is 4.16. The van der Waals surface area contributed by atoms with E-state index < -0.39 is 15.9 Å². The summed E-state index contributed by atoms with van der Waals surface area (Å²) in [6.07, 6.45) is 0. The molecule has 0 aromatic heterocycles. The molecule has 0 spiro atoms. The van der Waals surface area contributed by atoms with Crippen molar-refractivity contribution in [2.24, 2.45) is 0 Å². The van der Waals surface area contributed by atoms with Gasteiger partial charge in [0.15, 0.2) is 0 Å². The summed E-state index contributed by atoms with van der Waals surface area (Å²) in [5, 5.41) is 0. The second-order valence-corrected chi connectivity index (χ2v) is 7.78. The molecular formula is C18H22N2O3S. The van der Waals surface area contributed by atoms with Crippen LogP contribution in [0, 0.1) is 27.7 Å². The lowest BCUT2D eigenvalue weighted by Gasteiger charge is -2.27. The van der Waals surface area contributed by atoms with Crippen LogP contribution in [0.25, 0.3) is 0 Å². The zero-order chi connectivity index (χ0) is 18.1. The Kier molecular flexibility index (Phi) is 4.99. The molecule has 2 rings (SSSR count). The number of carbonyl (C=O) groups is 1. The molecular weight excluding hydrogens is 324 g/mol. The van der Waals surface area contributed by atoms with Gasteiger partial charge in [0, 0.05) is 6.92 Å². The van der Waals surface area contributed by atoms with Gasteiger partial charge in [-0.3, -0.25) is 10.2 Å². The minimum atomic E-state index is -3.92. The van der Waals surface area contributed by atoms with Gasteiger partial charge in [-0.05, 0) is 51.0 Å². The molecule has 0 saturated heterocycles. The predicted octanol–water partition coefficient (Wildman–Crippen LogP) is 3.17. The van der Waals surface area contributed by atoms with Gasteiger partial charge in [-0.15, -0.1) is 0 Å². The summed E-state index contributed by atoms with van der Waals surface area (Å²) in [6.45, 7) is 8.78. The standard InChI is InChI=1S/C18H22N2O3S/c1-12-6-8-17(9-7-12)24(22,23)20(19-16(5)21)18-14(3)10-13(2)11-15(18)4/h6-11H,1-5H3,(H,19,21). The molecule has 0 aliphatic rings. The van der Waals surface area contributed by atoms with Crippen LogP contribution in [0.4, 0.5) is 5.69 Å². The van der Waals surface area contributed by atoms with Crippen molar-refractivity contribution < 1.29 is 13.2 Å². The smallest absolute Gasteiger partial charge is 0.274 e. The van der Waals surface area contributed by atoms with Crippen LogP contribution in [0.2, 0.25) is 0 Å². The van der Waals surface area contributed by atoms with Crippen LogP contribution < -0.4 is 9.84 Å². The summed E-state index contributed by atoms with van der Waals surface area (Å²) >= 11 is 0. The summed E-state index contributed by atoms with van der Waals surface area (Å²) in [4.78, 5) is 11.8. The number of amides is 1. The highest BCUT2D eigenvalue weighted by molar-refractivity contribution is 7.92. The number of hydrazine groups is 1. The van der Waals surface area contributed by atoms with E-state index in [2.05, 4.69) is 5.43 Å². The number of rotatable bonds is 4. The molecule has 128 valence electrons. The zero-order valence-corrected chi connectivity index (χ0v) is 15.4. The Hall–Kier alpha value is -2.34. The largest absolute Gasteiger partial charge is 0.281 e. The number of carbonyl (C=O) groups excluding carboxylic acids is 1. The number of hydrogen-bond donors (Lipinski definition) is 1. The average Bonchev–Trinajstić information content (AvgIpc) is 2.45. The first-order valence-electron chi connectivity index (χ1n) is 7.60. The Morgan fingerprint density at radius 1 is 0.917 bits per heavy atom. The summed E-state index contributed by atoms with van der Waals surface area (Å²) in [5.74, 6) is -0.454. The number of hydrogen-bond acceptors (Lipinski definition) is 3. The fourth-order valence-electron chi connectivity index (χ4n) is 2.69. The first kappa shape index (κ1) is 18.0. The minimum Gasteiger partial charge on any atom is -0.274 e. The SMILES string of the molecule is CC(=O)NN(c1c(C)cc(C)cc1C)S(=O)(=O)c1ccc(C)cc1. The number of aryl methyl sites for hydroxylation is 4. The van der Waals surface area contributed by atoms with Gasteiger partial charge in [0.1, 0.15) is 0 Å². The lowest BCUT2D eigenvalue weighted by molar-refractivity contribution is -0.118. The van der Waals surface area contributed by atoms with E-state index >= 15 is 0 Å². The van der Waals surface area contributed by atoms with Crippen LogP contribution in [0.15, 0.2) is 41.3 Å². The van der Waals surface area contributed by atoms with Crippen LogP contribution in [0.3, 0.4) is 0 Å². The molecule has 2 aromatic rings. The van der Waals surface area contributed by atoms with E-state index in [1.54, 1.807) is 24.3 Å². The first-order chi connectivity index (χ1) is 11.1. The molecule has 0 atom stereocenters. The van der Waals surface area contributed by atoms with E-state index in [0.717, 1.165) is 26.7 Å². The molecule has 0 unspecified atom stereocenters. The van der Waals surface area contributed by atoms with Gasteiger partial charge in [0.2, 0.25) is 5.91 Å². The van der Waals surface area contributed by atoms with Crippen molar-refractivity contribution in [1.82, 2.24) is 5.43 Å². The van der Waals surface area contributed by atoms with Crippen molar-refractivity contribution in [2.75, 3.05) is 4.41 Å². The molecule has 0 aliphatic carbocycles. The fraction of sp³-hybridized carbons (Fsp3) is 0.278. The van der Waals surface area contributed by atoms with Crippen molar-refractivity contribution in [2.45, 2.75) is 39.5 Å². The predicted molar refractivity (Wildman–Crippen MR) is 95.3 cm³/mol. The van der Waals surface area contributed by atoms with Gasteiger partial charge in [0.05, 0.1) is 10.6 Å². The lowest BCUT2D eigenvalue weighted by Crippen LogP contribution is -2.46. The molecule has 2 aromatic carbocycles. The second kappa shape index (κ2) is 6.65. The lowest BCUT2D eigenvalue weighted by atomic mass is 10.1. The maximum absolute atomic E-state index is 13.1. The van der Waals surface area contributed by atoms with Gasteiger partial charge in [-0.25, -0.2) is 0 Å². The van der Waals surface area contributed by atoms with Crippen LogP contribution in [0.1, 0.15) is 29.2 Å². The summed E-state index contributed by atoms with van der Waals surface area (Å²) in [5.41, 5.74) is 6.47. The van der Waals surface area contributed by atoms with Crippen molar-refractivity contribution in [1.29, 1.82) is 0 Å². The van der Waals surface area contributed by atoms with Gasteiger partial charge in [0.25, 0.3) is 10.0 Å². The van der Waals surface area contributed by atoms with Crippen molar-refractivity contribution in [3.8, 4) is 0 Å². The summed E-state index contributed by atoms with van der Waals surface area (Å²) in [7, 11) is -3.92. The van der Waals surface area contributed by atoms with E-state index in [0.29, 0.717) is 5.69 Å². The molecule has 0 heterocycles. The number of anilines is 1. The Morgan fingerprint density at radius 2 is 1.42 bits per heavy atom. The van der Waals surface area contributed by atoms with E-state index in [4.69, 9.17) is 0 Å². The normalized spacial score (nSPS) is 11.2. The molecule has 5 nitrogen and oxygen atoms in total. The zero-order valence-electron chi connectivity index (χ0n) is 14.5. The monoisotopic (exact) mass is 346 g/mol. The maximum Gasteiger partial charge on any atom is 0.281 e. The van der Waals surface area contributed by atoms with Gasteiger partial charge in [-0.2, -0.15) is 12.8 Å².